The van der Waals surface area contributed by atoms with E-state index >= 15 is 0 Å². The number of unbranched alkanes of at least 4 members (excludes halogenated alkanes) is 11. The van der Waals surface area contributed by atoms with Crippen LogP contribution in [-0.2, 0) is 27.9 Å². The van der Waals surface area contributed by atoms with Gasteiger partial charge in [-0.2, -0.15) is 0 Å². The molecular weight excluding hydrogens is 505 g/mol. The monoisotopic (exact) mass is 563 g/mol. The Morgan fingerprint density at radius 3 is 2.05 bits per heavy atom. The van der Waals surface area contributed by atoms with Crippen molar-refractivity contribution in [3.8, 4) is 0 Å². The largest absolute Gasteiger partial charge is 0.756 e. The van der Waals surface area contributed by atoms with Crippen LogP contribution >= 0.6 is 7.82 Å². The molecule has 0 aliphatic carbocycles. The van der Waals surface area contributed by atoms with Gasteiger partial charge >= 0.3 is 5.97 Å². The van der Waals surface area contributed by atoms with Crippen molar-refractivity contribution in [2.45, 2.75) is 116 Å². The molecule has 0 bridgehead atoms. The van der Waals surface area contributed by atoms with Crippen LogP contribution in [0.2, 0.25) is 0 Å². The molecule has 0 fully saturated rings. The number of allylic oxidation sites excluding steroid dienone is 2. The summed E-state index contributed by atoms with van der Waals surface area (Å²) >= 11 is 0. The first-order valence-electron chi connectivity index (χ1n) is 14.9. The molecule has 0 aromatic heterocycles. The Kier molecular flexibility index (Phi) is 23.6. The fourth-order valence-corrected chi connectivity index (χ4v) is 4.37. The molecule has 2 atom stereocenters. The van der Waals surface area contributed by atoms with E-state index in [1.165, 1.54) is 51.4 Å². The van der Waals surface area contributed by atoms with Crippen LogP contribution in [0.1, 0.15) is 110 Å². The second-order valence-electron chi connectivity index (χ2n) is 11.1. The van der Waals surface area contributed by atoms with Crippen LogP contribution in [0.4, 0.5) is 0 Å². The van der Waals surface area contributed by atoms with Gasteiger partial charge in [-0.3, -0.25) is 9.36 Å². The maximum Gasteiger partial charge on any atom is 0.306 e. The van der Waals surface area contributed by atoms with E-state index < -0.39 is 13.9 Å². The van der Waals surface area contributed by atoms with Gasteiger partial charge in [0.2, 0.25) is 0 Å². The summed E-state index contributed by atoms with van der Waals surface area (Å²) in [5.41, 5.74) is 0. The summed E-state index contributed by atoms with van der Waals surface area (Å²) in [5, 5.41) is 0. The summed E-state index contributed by atoms with van der Waals surface area (Å²) in [6.45, 7) is 5.21. The summed E-state index contributed by atoms with van der Waals surface area (Å²) in [4.78, 5) is 24.4. The van der Waals surface area contributed by atoms with Crippen molar-refractivity contribution in [3.63, 3.8) is 0 Å². The van der Waals surface area contributed by atoms with Gasteiger partial charge in [-0.15, -0.1) is 0 Å². The van der Waals surface area contributed by atoms with E-state index in [2.05, 4.69) is 26.0 Å². The van der Waals surface area contributed by atoms with Crippen molar-refractivity contribution < 1.29 is 37.3 Å². The lowest BCUT2D eigenvalue weighted by atomic mass is 10.1. The van der Waals surface area contributed by atoms with Gasteiger partial charge in [-0.1, -0.05) is 83.8 Å². The molecular formula is C29H58NO7P. The molecule has 0 spiro atoms. The smallest absolute Gasteiger partial charge is 0.306 e. The third-order valence-corrected chi connectivity index (χ3v) is 7.03. The second-order valence-corrected chi connectivity index (χ2v) is 12.5. The van der Waals surface area contributed by atoms with Crippen LogP contribution in [0.3, 0.4) is 0 Å². The molecule has 0 aromatic rings. The minimum Gasteiger partial charge on any atom is -0.756 e. The van der Waals surface area contributed by atoms with Crippen molar-refractivity contribution in [3.05, 3.63) is 12.2 Å². The molecule has 0 rings (SSSR count). The maximum absolute atomic E-state index is 12.3. The lowest BCUT2D eigenvalue weighted by Gasteiger charge is -2.28. The van der Waals surface area contributed by atoms with E-state index in [9.17, 15) is 14.3 Å². The Labute approximate surface area is 233 Å². The maximum atomic E-state index is 12.3. The number of phosphoric ester groups is 1. The fourth-order valence-electron chi connectivity index (χ4n) is 3.64. The second kappa shape index (κ2) is 24.1. The molecule has 0 aromatic carbocycles. The normalized spacial score (nSPS) is 14.6. The summed E-state index contributed by atoms with van der Waals surface area (Å²) in [6.07, 6.45) is 19.8. The molecule has 0 radical (unpaired) electrons. The van der Waals surface area contributed by atoms with Crippen LogP contribution in [0.25, 0.3) is 0 Å². The molecule has 0 heterocycles. The number of rotatable bonds is 27. The number of hydrogen-bond donors (Lipinski definition) is 0. The SMILES string of the molecule is CCCC/C=C\CCCCCCCCOCC(COP(=O)([O-])OCC[N+](C)(C)C)OC(=O)CCCCCC. The Bertz CT molecular complexity index is 637. The van der Waals surface area contributed by atoms with Crippen molar-refractivity contribution >= 4 is 13.8 Å². The summed E-state index contributed by atoms with van der Waals surface area (Å²) < 4.78 is 33.9. The molecule has 0 saturated heterocycles. The highest BCUT2D eigenvalue weighted by Gasteiger charge is 2.20. The van der Waals surface area contributed by atoms with Crippen LogP contribution < -0.4 is 4.89 Å². The van der Waals surface area contributed by atoms with Crippen LogP contribution in [0.5, 0.6) is 0 Å². The highest BCUT2D eigenvalue weighted by molar-refractivity contribution is 7.45. The summed E-state index contributed by atoms with van der Waals surface area (Å²) in [5.74, 6) is -0.356. The number of carbonyl (C=O) groups excluding carboxylic acids is 1. The first-order chi connectivity index (χ1) is 18.1. The zero-order valence-electron chi connectivity index (χ0n) is 25.1. The molecule has 9 heteroatoms. The molecule has 0 aliphatic heterocycles. The van der Waals surface area contributed by atoms with Gasteiger partial charge in [0, 0.05) is 13.0 Å². The van der Waals surface area contributed by atoms with E-state index in [0.717, 1.165) is 38.5 Å². The number of ether oxygens (including phenoxy) is 2. The Morgan fingerprint density at radius 1 is 0.789 bits per heavy atom. The third kappa shape index (κ3) is 26.8. The number of esters is 1. The number of nitrogens with zero attached hydrogens (tertiary/aromatic N) is 1. The number of likely N-dealkylation sites (N-methyl/N-ethyl adjacent to an activating group) is 1. The molecule has 0 N–H and O–H groups in total. The van der Waals surface area contributed by atoms with E-state index in [1.807, 2.05) is 21.1 Å². The average molecular weight is 564 g/mol. The molecule has 0 aliphatic rings. The fraction of sp³-hybridized carbons (Fsp3) is 0.897. The molecule has 0 saturated carbocycles. The number of carbonyl (C=O) groups is 1. The van der Waals surface area contributed by atoms with Gasteiger partial charge in [-0.25, -0.2) is 0 Å². The molecule has 226 valence electrons. The summed E-state index contributed by atoms with van der Waals surface area (Å²) in [6, 6.07) is 0. The third-order valence-electron chi connectivity index (χ3n) is 6.07. The first-order valence-corrected chi connectivity index (χ1v) is 16.4. The number of hydrogen-bond acceptors (Lipinski definition) is 7. The minimum absolute atomic E-state index is 0.0261. The van der Waals surface area contributed by atoms with Crippen LogP contribution in [0.15, 0.2) is 12.2 Å². The number of phosphoric acid groups is 1. The highest BCUT2D eigenvalue weighted by Crippen LogP contribution is 2.38. The van der Waals surface area contributed by atoms with Gasteiger partial charge in [0.1, 0.15) is 19.3 Å². The topological polar surface area (TPSA) is 94.1 Å². The van der Waals surface area contributed by atoms with Gasteiger partial charge in [0.15, 0.2) is 0 Å². The predicted octanol–water partition coefficient (Wildman–Crippen LogP) is 6.57. The summed E-state index contributed by atoms with van der Waals surface area (Å²) in [7, 11) is 1.35. The Hall–Kier alpha value is -0.760. The molecule has 0 amide bonds. The zero-order valence-corrected chi connectivity index (χ0v) is 26.0. The van der Waals surface area contributed by atoms with Crippen molar-refractivity contribution in [1.82, 2.24) is 0 Å². The van der Waals surface area contributed by atoms with Crippen molar-refractivity contribution in [1.29, 1.82) is 0 Å². The zero-order chi connectivity index (χ0) is 28.5. The van der Waals surface area contributed by atoms with Gasteiger partial charge in [0.25, 0.3) is 7.82 Å². The lowest BCUT2D eigenvalue weighted by Crippen LogP contribution is -2.37. The lowest BCUT2D eigenvalue weighted by molar-refractivity contribution is -0.870. The molecule has 8 nitrogen and oxygen atoms in total. The van der Waals surface area contributed by atoms with Gasteiger partial charge in [0.05, 0.1) is 34.4 Å². The molecule has 2 unspecified atom stereocenters. The van der Waals surface area contributed by atoms with E-state index in [1.54, 1.807) is 0 Å². The van der Waals surface area contributed by atoms with E-state index in [-0.39, 0.29) is 25.8 Å². The van der Waals surface area contributed by atoms with Gasteiger partial charge in [-0.05, 0) is 32.1 Å². The van der Waals surface area contributed by atoms with Crippen LogP contribution in [0, 0.1) is 0 Å². The quantitative estimate of drug-likeness (QED) is 0.0367. The van der Waals surface area contributed by atoms with E-state index in [4.69, 9.17) is 18.5 Å². The minimum atomic E-state index is -4.49. The Morgan fingerprint density at radius 2 is 1.39 bits per heavy atom. The number of quaternary nitrogens is 1. The van der Waals surface area contributed by atoms with Crippen LogP contribution in [-0.4, -0.2) is 70.7 Å². The van der Waals surface area contributed by atoms with Gasteiger partial charge < -0.3 is 27.9 Å². The highest BCUT2D eigenvalue weighted by atomic mass is 31.2. The standard InChI is InChI=1S/C29H58NO7P/c1-6-8-10-12-13-14-15-16-17-18-19-21-24-34-26-28(37-29(31)22-20-11-9-7-2)27-36-38(32,33)35-25-23-30(3,4)5/h12-13,28H,6-11,14-27H2,1-5H3/b13-12-. The Balaban J connectivity index is 4.27. The first kappa shape index (κ1) is 37.2. The van der Waals surface area contributed by atoms with Crippen molar-refractivity contribution in [2.24, 2.45) is 0 Å². The molecule has 38 heavy (non-hydrogen) atoms. The predicted molar refractivity (Wildman–Crippen MR) is 153 cm³/mol. The van der Waals surface area contributed by atoms with E-state index in [0.29, 0.717) is 24.1 Å². The average Bonchev–Trinajstić information content (AvgIpc) is 2.84. The van der Waals surface area contributed by atoms with Crippen molar-refractivity contribution in [2.75, 3.05) is 54.1 Å².